The molecule has 2 N–H and O–H groups in total. The highest BCUT2D eigenvalue weighted by Gasteiger charge is 2.30. The minimum Gasteiger partial charge on any atom is -0.445 e. The van der Waals surface area contributed by atoms with Crippen LogP contribution in [0.15, 0.2) is 54.7 Å². The zero-order valence-electron chi connectivity index (χ0n) is 21.8. The number of aromatic nitrogens is 6. The van der Waals surface area contributed by atoms with Crippen LogP contribution in [0.5, 0.6) is 0 Å². The van der Waals surface area contributed by atoms with Crippen LogP contribution >= 0.6 is 0 Å². The quantitative estimate of drug-likeness (QED) is 0.346. The van der Waals surface area contributed by atoms with Crippen molar-refractivity contribution in [2.24, 2.45) is 7.05 Å². The molecule has 1 atom stereocenters. The summed E-state index contributed by atoms with van der Waals surface area (Å²) in [5, 5.41) is 15.2. The Kier molecular flexibility index (Phi) is 6.46. The van der Waals surface area contributed by atoms with Crippen LogP contribution in [0.3, 0.4) is 0 Å². The summed E-state index contributed by atoms with van der Waals surface area (Å²) in [6.45, 7) is 2.52. The van der Waals surface area contributed by atoms with Gasteiger partial charge in [0, 0.05) is 31.2 Å². The molecule has 1 aliphatic heterocycles. The number of nitrogens with one attached hydrogen (secondary N) is 2. The largest absolute Gasteiger partial charge is 0.445 e. The van der Waals surface area contributed by atoms with Crippen LogP contribution in [0.25, 0.3) is 27.9 Å². The number of amides is 2. The zero-order chi connectivity index (χ0) is 27.8. The number of halogens is 1. The summed E-state index contributed by atoms with van der Waals surface area (Å²) in [6.07, 6.45) is 1.11. The number of nitrogens with zero attached hydrogens (tertiary/aromatic N) is 7. The molecule has 2 amide bonds. The van der Waals surface area contributed by atoms with Crippen LogP contribution in [0.2, 0.25) is 0 Å². The summed E-state index contributed by atoms with van der Waals surface area (Å²) < 4.78 is 23.5. The van der Waals surface area contributed by atoms with Gasteiger partial charge in [0.1, 0.15) is 24.0 Å². The number of hydrogen-bond acceptors (Lipinski definition) is 8. The second kappa shape index (κ2) is 10.2. The number of carbonyl (C=O) groups is 2. The molecule has 3 aromatic heterocycles. The first-order valence-corrected chi connectivity index (χ1v) is 12.7. The van der Waals surface area contributed by atoms with Crippen LogP contribution in [0.1, 0.15) is 11.3 Å². The monoisotopic (exact) mass is 543 g/mol. The predicted molar refractivity (Wildman–Crippen MR) is 144 cm³/mol. The van der Waals surface area contributed by atoms with E-state index in [1.807, 2.05) is 44.3 Å². The number of para-hydroxylation sites is 1. The Morgan fingerprint density at radius 3 is 2.77 bits per heavy atom. The van der Waals surface area contributed by atoms with Gasteiger partial charge in [-0.2, -0.15) is 9.61 Å². The van der Waals surface area contributed by atoms with Gasteiger partial charge in [0.25, 0.3) is 0 Å². The third kappa shape index (κ3) is 4.65. The van der Waals surface area contributed by atoms with Crippen LogP contribution in [0.4, 0.5) is 15.1 Å². The molecule has 5 aromatic rings. The van der Waals surface area contributed by atoms with Crippen molar-refractivity contribution in [1.82, 2.24) is 39.6 Å². The highest BCUT2D eigenvalue weighted by atomic mass is 19.1. The predicted octanol–water partition coefficient (Wildman–Crippen LogP) is 2.67. The number of carbonyl (C=O) groups excluding carboxylic acids is 2. The van der Waals surface area contributed by atoms with Crippen molar-refractivity contribution in [2.75, 3.05) is 25.0 Å². The highest BCUT2D eigenvalue weighted by molar-refractivity contribution is 5.94. The molecular formula is C27H26FN9O3. The SMILES string of the molecule is Cc1c(-c2nc3c4cccc(F)c4nc(N[C@@H]4CN(C(=O)OCc5ccccc5)CCNC4=O)n3n2)cnn1C. The van der Waals surface area contributed by atoms with Crippen molar-refractivity contribution in [2.45, 2.75) is 19.6 Å². The zero-order valence-corrected chi connectivity index (χ0v) is 21.8. The van der Waals surface area contributed by atoms with E-state index in [-0.39, 0.29) is 43.6 Å². The molecule has 1 fully saturated rings. The summed E-state index contributed by atoms with van der Waals surface area (Å²) in [7, 11) is 1.81. The summed E-state index contributed by atoms with van der Waals surface area (Å²) in [5.41, 5.74) is 2.85. The Labute approximate surface area is 227 Å². The third-order valence-electron chi connectivity index (χ3n) is 6.90. The molecule has 13 heteroatoms. The number of fused-ring (bicyclic) bond motifs is 3. The maximum Gasteiger partial charge on any atom is 0.410 e. The van der Waals surface area contributed by atoms with E-state index >= 15 is 0 Å². The Bertz CT molecular complexity index is 1730. The Hall–Kier alpha value is -5.07. The molecule has 40 heavy (non-hydrogen) atoms. The van der Waals surface area contributed by atoms with Crippen LogP contribution in [-0.2, 0) is 23.2 Å². The van der Waals surface area contributed by atoms with Gasteiger partial charge in [-0.3, -0.25) is 9.48 Å². The van der Waals surface area contributed by atoms with Gasteiger partial charge in [0.05, 0.1) is 18.3 Å². The minimum atomic E-state index is -0.917. The number of benzene rings is 2. The second-order valence-corrected chi connectivity index (χ2v) is 9.48. The van der Waals surface area contributed by atoms with Gasteiger partial charge in [-0.05, 0) is 24.6 Å². The van der Waals surface area contributed by atoms with Crippen molar-refractivity contribution in [3.05, 3.63) is 71.8 Å². The topological polar surface area (TPSA) is 132 Å². The van der Waals surface area contributed by atoms with E-state index in [2.05, 4.69) is 30.8 Å². The smallest absolute Gasteiger partial charge is 0.410 e. The molecule has 6 rings (SSSR count). The molecule has 0 unspecified atom stereocenters. The lowest BCUT2D eigenvalue weighted by atomic mass is 10.2. The van der Waals surface area contributed by atoms with Crippen molar-refractivity contribution in [3.63, 3.8) is 0 Å². The van der Waals surface area contributed by atoms with Crippen LogP contribution < -0.4 is 10.6 Å². The van der Waals surface area contributed by atoms with Gasteiger partial charge in [0.2, 0.25) is 11.9 Å². The number of aryl methyl sites for hydroxylation is 1. The van der Waals surface area contributed by atoms with Gasteiger partial charge in [-0.1, -0.05) is 36.4 Å². The Balaban J connectivity index is 1.33. The van der Waals surface area contributed by atoms with E-state index in [4.69, 9.17) is 4.74 Å². The van der Waals surface area contributed by atoms with Gasteiger partial charge in [0.15, 0.2) is 11.5 Å². The number of anilines is 1. The molecule has 204 valence electrons. The number of ether oxygens (including phenoxy) is 1. The molecule has 0 spiro atoms. The first-order chi connectivity index (χ1) is 19.4. The minimum absolute atomic E-state index is 0.00120. The molecule has 4 heterocycles. The van der Waals surface area contributed by atoms with Gasteiger partial charge >= 0.3 is 6.09 Å². The molecular weight excluding hydrogens is 517 g/mol. The van der Waals surface area contributed by atoms with E-state index in [9.17, 15) is 14.0 Å². The fraction of sp³-hybridized carbons (Fsp3) is 0.259. The molecule has 1 saturated heterocycles. The van der Waals surface area contributed by atoms with E-state index in [0.717, 1.165) is 11.3 Å². The number of rotatable bonds is 5. The first-order valence-electron chi connectivity index (χ1n) is 12.7. The van der Waals surface area contributed by atoms with E-state index in [0.29, 0.717) is 22.4 Å². The fourth-order valence-corrected chi connectivity index (χ4v) is 4.60. The lowest BCUT2D eigenvalue weighted by Crippen LogP contribution is -2.44. The van der Waals surface area contributed by atoms with Crippen LogP contribution in [0, 0.1) is 12.7 Å². The molecule has 2 aromatic carbocycles. The lowest BCUT2D eigenvalue weighted by Gasteiger charge is -2.23. The first kappa shape index (κ1) is 25.2. The van der Waals surface area contributed by atoms with Gasteiger partial charge < -0.3 is 20.3 Å². The Morgan fingerprint density at radius 2 is 2.00 bits per heavy atom. The maximum atomic E-state index is 14.9. The molecule has 1 aliphatic rings. The van der Waals surface area contributed by atoms with E-state index in [1.165, 1.54) is 15.5 Å². The average molecular weight is 544 g/mol. The van der Waals surface area contributed by atoms with Gasteiger partial charge in [-0.25, -0.2) is 19.2 Å². The summed E-state index contributed by atoms with van der Waals surface area (Å²) >= 11 is 0. The van der Waals surface area contributed by atoms with Crippen molar-refractivity contribution >= 4 is 34.5 Å². The van der Waals surface area contributed by atoms with Crippen molar-refractivity contribution in [1.29, 1.82) is 0 Å². The standard InChI is InChI=1S/C27H26FN9O3/c1-16-19(13-30-35(16)2)23-33-24-18-9-6-10-20(28)22(18)32-26(37(24)34-23)31-21-14-36(12-11-29-25(21)38)27(39)40-15-17-7-4-3-5-8-17/h3-10,13,21H,11-12,14-15H2,1-2H3,(H,29,38)(H,31,32)/t21-/m1/s1. The van der Waals surface area contributed by atoms with E-state index in [1.54, 1.807) is 23.0 Å². The molecule has 0 saturated carbocycles. The van der Waals surface area contributed by atoms with Crippen LogP contribution in [-0.4, -0.2) is 71.9 Å². The maximum absolute atomic E-state index is 14.9. The van der Waals surface area contributed by atoms with E-state index < -0.39 is 18.0 Å². The molecule has 0 radical (unpaired) electrons. The summed E-state index contributed by atoms with van der Waals surface area (Å²) in [5.74, 6) is -0.400. The molecule has 12 nitrogen and oxygen atoms in total. The second-order valence-electron chi connectivity index (χ2n) is 9.48. The molecule has 0 bridgehead atoms. The third-order valence-corrected chi connectivity index (χ3v) is 6.90. The summed E-state index contributed by atoms with van der Waals surface area (Å²) in [6, 6.07) is 13.0. The van der Waals surface area contributed by atoms with Crippen molar-refractivity contribution < 1.29 is 18.7 Å². The fourth-order valence-electron chi connectivity index (χ4n) is 4.60. The van der Waals surface area contributed by atoms with Crippen molar-refractivity contribution in [3.8, 4) is 11.4 Å². The van der Waals surface area contributed by atoms with Gasteiger partial charge in [-0.15, -0.1) is 5.10 Å². The summed E-state index contributed by atoms with van der Waals surface area (Å²) in [4.78, 5) is 36.5. The number of hydrogen-bond donors (Lipinski definition) is 2. The average Bonchev–Trinajstić information content (AvgIpc) is 3.49. The lowest BCUT2D eigenvalue weighted by molar-refractivity contribution is -0.121. The highest BCUT2D eigenvalue weighted by Crippen LogP contribution is 2.27. The Morgan fingerprint density at radius 1 is 1.18 bits per heavy atom. The molecule has 0 aliphatic carbocycles. The normalized spacial score (nSPS) is 15.7.